The lowest BCUT2D eigenvalue weighted by atomic mass is 9.61. The van der Waals surface area contributed by atoms with Crippen molar-refractivity contribution < 1.29 is 27.4 Å². The molecule has 3 aliphatic rings. The number of fused-ring (bicyclic) bond motifs is 2. The van der Waals surface area contributed by atoms with Gasteiger partial charge < -0.3 is 19.7 Å². The average molecular weight is 531 g/mol. The number of hydrogen-bond donors (Lipinski definition) is 1. The molecule has 5 rings (SSSR count). The minimum Gasteiger partial charge on any atom is -0.497 e. The number of urea groups is 1. The van der Waals surface area contributed by atoms with Crippen LogP contribution in [0.4, 0.5) is 18.0 Å². The zero-order chi connectivity index (χ0) is 27.1. The van der Waals surface area contributed by atoms with E-state index in [4.69, 9.17) is 9.47 Å². The van der Waals surface area contributed by atoms with Gasteiger partial charge in [0.05, 0.1) is 31.9 Å². The van der Waals surface area contributed by atoms with Crippen molar-refractivity contribution in [1.29, 1.82) is 0 Å². The predicted molar refractivity (Wildman–Crippen MR) is 139 cm³/mol. The highest BCUT2D eigenvalue weighted by molar-refractivity contribution is 5.76. The molecule has 3 fully saturated rings. The molecule has 2 aliphatic carbocycles. The highest BCUT2D eigenvalue weighted by atomic mass is 19.4. The van der Waals surface area contributed by atoms with Crippen LogP contribution < -0.4 is 10.1 Å². The Labute approximate surface area is 222 Å². The van der Waals surface area contributed by atoms with Gasteiger partial charge in [0.1, 0.15) is 11.9 Å². The highest BCUT2D eigenvalue weighted by Crippen LogP contribution is 2.47. The maximum atomic E-state index is 13.9. The van der Waals surface area contributed by atoms with E-state index < -0.39 is 17.8 Å². The number of carbonyl (C=O) groups is 1. The first-order valence-electron chi connectivity index (χ1n) is 13.6. The summed E-state index contributed by atoms with van der Waals surface area (Å²) >= 11 is 0. The fourth-order valence-electron chi connectivity index (χ4n) is 7.14. The number of nitrogens with zero attached hydrogens (tertiary/aromatic N) is 1. The van der Waals surface area contributed by atoms with Crippen LogP contribution in [0.3, 0.4) is 0 Å². The summed E-state index contributed by atoms with van der Waals surface area (Å²) in [6.07, 6.45) is -0.304. The Bertz CT molecular complexity index is 1110. The molecule has 5 nitrogen and oxygen atoms in total. The molecule has 3 unspecified atom stereocenters. The third kappa shape index (κ3) is 5.65. The average Bonchev–Trinajstić information content (AvgIpc) is 2.81. The summed E-state index contributed by atoms with van der Waals surface area (Å²) in [5, 5.41) is 3.37. The minimum atomic E-state index is -4.51. The van der Waals surface area contributed by atoms with E-state index in [9.17, 15) is 18.0 Å². The molecule has 0 radical (unpaired) electrons. The lowest BCUT2D eigenvalue weighted by Crippen LogP contribution is -2.64. The van der Waals surface area contributed by atoms with Gasteiger partial charge in [-0.2, -0.15) is 13.2 Å². The molecule has 2 amide bonds. The number of ether oxygens (including phenoxy) is 2. The first-order valence-corrected chi connectivity index (χ1v) is 13.6. The van der Waals surface area contributed by atoms with Gasteiger partial charge in [-0.1, -0.05) is 44.2 Å². The maximum absolute atomic E-state index is 13.9. The largest absolute Gasteiger partial charge is 0.497 e. The van der Waals surface area contributed by atoms with Crippen molar-refractivity contribution in [1.82, 2.24) is 10.2 Å². The molecular formula is C30H37F3N2O3. The van der Waals surface area contributed by atoms with Crippen LogP contribution in [-0.4, -0.2) is 42.8 Å². The summed E-state index contributed by atoms with van der Waals surface area (Å²) in [5.74, 6) is 2.45. The Hall–Kier alpha value is -2.74. The normalized spacial score (nSPS) is 28.4. The van der Waals surface area contributed by atoms with Gasteiger partial charge in [-0.3, -0.25) is 0 Å². The molecule has 0 aromatic heterocycles. The number of benzene rings is 2. The molecule has 0 spiro atoms. The molecule has 38 heavy (non-hydrogen) atoms. The SMILES string of the molecule is COc1ccc(C(OC2CN(C(=O)NC34CC(C)CC(CC(C)C3)C4)C2)c2ccccc2C(F)(F)F)cc1. The number of halogens is 3. The first-order chi connectivity index (χ1) is 18.0. The second-order valence-corrected chi connectivity index (χ2v) is 11.8. The van der Waals surface area contributed by atoms with Crippen molar-refractivity contribution in [3.05, 3.63) is 65.2 Å². The fraction of sp³-hybridized carbons (Fsp3) is 0.567. The van der Waals surface area contributed by atoms with Crippen LogP contribution in [0.2, 0.25) is 0 Å². The maximum Gasteiger partial charge on any atom is 0.416 e. The van der Waals surface area contributed by atoms with Crippen LogP contribution in [0.15, 0.2) is 48.5 Å². The van der Waals surface area contributed by atoms with E-state index in [1.54, 1.807) is 35.2 Å². The van der Waals surface area contributed by atoms with Crippen LogP contribution >= 0.6 is 0 Å². The van der Waals surface area contributed by atoms with E-state index in [1.165, 1.54) is 32.1 Å². The number of hydrogen-bond acceptors (Lipinski definition) is 3. The van der Waals surface area contributed by atoms with Crippen molar-refractivity contribution in [3.63, 3.8) is 0 Å². The summed E-state index contributed by atoms with van der Waals surface area (Å²) in [5.41, 5.74) is -0.213. The summed E-state index contributed by atoms with van der Waals surface area (Å²) in [7, 11) is 1.54. The first kappa shape index (κ1) is 26.9. The molecule has 2 aromatic carbocycles. The smallest absolute Gasteiger partial charge is 0.416 e. The Kier molecular flexibility index (Phi) is 7.37. The van der Waals surface area contributed by atoms with E-state index in [0.29, 0.717) is 42.2 Å². The van der Waals surface area contributed by atoms with Crippen molar-refractivity contribution in [2.24, 2.45) is 17.8 Å². The van der Waals surface area contributed by atoms with Gasteiger partial charge in [-0.05, 0) is 79.2 Å². The summed E-state index contributed by atoms with van der Waals surface area (Å²) in [6, 6.07) is 12.3. The number of carbonyl (C=O) groups excluding carboxylic acids is 1. The standard InChI is InChI=1S/C30H37F3N2O3/c1-19-12-21-13-20(2)15-29(14-19,16-21)34-28(36)35-17-24(18-35)38-27(22-8-10-23(37-3)11-9-22)25-6-4-5-7-26(25)30(31,32)33/h4-11,19-21,24,27H,12-18H2,1-3H3,(H,34,36). The zero-order valence-corrected chi connectivity index (χ0v) is 22.3. The molecule has 3 atom stereocenters. The predicted octanol–water partition coefficient (Wildman–Crippen LogP) is 6.82. The van der Waals surface area contributed by atoms with E-state index >= 15 is 0 Å². The second kappa shape index (κ2) is 10.4. The Morgan fingerprint density at radius 2 is 1.63 bits per heavy atom. The molecule has 1 heterocycles. The Balaban J connectivity index is 1.29. The minimum absolute atomic E-state index is 0.0605. The fourth-order valence-corrected chi connectivity index (χ4v) is 7.14. The summed E-state index contributed by atoms with van der Waals surface area (Å²) in [6.45, 7) is 5.23. The molecule has 2 bridgehead atoms. The van der Waals surface area contributed by atoms with Crippen molar-refractivity contribution in [2.45, 2.75) is 69.9 Å². The Morgan fingerprint density at radius 1 is 1.00 bits per heavy atom. The molecule has 1 saturated heterocycles. The van der Waals surface area contributed by atoms with Gasteiger partial charge in [0.25, 0.3) is 0 Å². The lowest BCUT2D eigenvalue weighted by Gasteiger charge is -2.51. The monoisotopic (exact) mass is 530 g/mol. The van der Waals surface area contributed by atoms with Crippen LogP contribution in [0.1, 0.15) is 68.7 Å². The number of amides is 2. The Morgan fingerprint density at radius 3 is 2.24 bits per heavy atom. The molecule has 8 heteroatoms. The van der Waals surface area contributed by atoms with Crippen LogP contribution in [0, 0.1) is 17.8 Å². The zero-order valence-electron chi connectivity index (χ0n) is 22.3. The number of rotatable bonds is 6. The van der Waals surface area contributed by atoms with Gasteiger partial charge in [0.2, 0.25) is 0 Å². The third-order valence-corrected chi connectivity index (χ3v) is 8.43. The van der Waals surface area contributed by atoms with Gasteiger partial charge in [0, 0.05) is 5.54 Å². The second-order valence-electron chi connectivity index (χ2n) is 11.8. The molecule has 2 saturated carbocycles. The van der Waals surface area contributed by atoms with Gasteiger partial charge in [0.15, 0.2) is 0 Å². The topological polar surface area (TPSA) is 50.8 Å². The van der Waals surface area contributed by atoms with Gasteiger partial charge in [-0.25, -0.2) is 4.79 Å². The van der Waals surface area contributed by atoms with Crippen molar-refractivity contribution in [2.75, 3.05) is 20.2 Å². The number of methoxy groups -OCH3 is 1. The lowest BCUT2D eigenvalue weighted by molar-refractivity contribution is -0.140. The quantitative estimate of drug-likeness (QED) is 0.446. The van der Waals surface area contributed by atoms with E-state index in [0.717, 1.165) is 25.3 Å². The molecule has 1 aliphatic heterocycles. The third-order valence-electron chi connectivity index (χ3n) is 8.43. The van der Waals surface area contributed by atoms with Crippen LogP contribution in [-0.2, 0) is 10.9 Å². The van der Waals surface area contributed by atoms with Crippen LogP contribution in [0.25, 0.3) is 0 Å². The van der Waals surface area contributed by atoms with E-state index in [2.05, 4.69) is 19.2 Å². The molecule has 1 N–H and O–H groups in total. The molecular weight excluding hydrogens is 493 g/mol. The van der Waals surface area contributed by atoms with Gasteiger partial charge >= 0.3 is 12.2 Å². The summed E-state index contributed by atoms with van der Waals surface area (Å²) in [4.78, 5) is 14.9. The van der Waals surface area contributed by atoms with Gasteiger partial charge in [-0.15, -0.1) is 0 Å². The number of likely N-dealkylation sites (tertiary alicyclic amines) is 1. The number of nitrogens with one attached hydrogen (secondary N) is 1. The number of alkyl halides is 3. The molecule has 2 aromatic rings. The van der Waals surface area contributed by atoms with E-state index in [-0.39, 0.29) is 23.2 Å². The highest BCUT2D eigenvalue weighted by Gasteiger charge is 2.47. The summed E-state index contributed by atoms with van der Waals surface area (Å²) < 4.78 is 53.2. The van der Waals surface area contributed by atoms with Crippen molar-refractivity contribution >= 4 is 6.03 Å². The van der Waals surface area contributed by atoms with E-state index in [1.807, 2.05) is 0 Å². The molecule has 206 valence electrons. The van der Waals surface area contributed by atoms with Crippen molar-refractivity contribution in [3.8, 4) is 5.75 Å². The van der Waals surface area contributed by atoms with Crippen LogP contribution in [0.5, 0.6) is 5.75 Å².